The topological polar surface area (TPSA) is 72.6 Å². The lowest BCUT2D eigenvalue weighted by Crippen LogP contribution is -2.46. The predicted molar refractivity (Wildman–Crippen MR) is 54.1 cm³/mol. The molecule has 1 fully saturated rings. The van der Waals surface area contributed by atoms with Gasteiger partial charge in [-0.1, -0.05) is 0 Å². The summed E-state index contributed by atoms with van der Waals surface area (Å²) in [7, 11) is 0. The second-order valence-electron chi connectivity index (χ2n) is 3.36. The number of nitrogens with two attached hydrogens (primary N) is 1. The van der Waals surface area contributed by atoms with E-state index in [1.165, 1.54) is 6.07 Å². The fraction of sp³-hybridized carbons (Fsp3) is 0.200. The van der Waals surface area contributed by atoms with Gasteiger partial charge >= 0.3 is 0 Å². The van der Waals surface area contributed by atoms with Gasteiger partial charge in [-0.25, -0.2) is 9.29 Å². The summed E-state index contributed by atoms with van der Waals surface area (Å²) in [6.45, 7) is -0.385. The van der Waals surface area contributed by atoms with E-state index in [0.717, 1.165) is 17.0 Å². The Bertz CT molecular complexity index is 425. The summed E-state index contributed by atoms with van der Waals surface area (Å²) in [5, 5.41) is 0. The Balaban J connectivity index is 2.41. The maximum atomic E-state index is 13.1. The SMILES string of the molecule is Nc1cc(F)cc(N2C(=O)COCC2=O)c1. The minimum absolute atomic E-state index is 0.135. The number of hydrogen-bond donors (Lipinski definition) is 1. The fourth-order valence-corrected chi connectivity index (χ4v) is 1.51. The van der Waals surface area contributed by atoms with Gasteiger partial charge in [-0.2, -0.15) is 0 Å². The van der Waals surface area contributed by atoms with Crippen LogP contribution in [0.3, 0.4) is 0 Å². The van der Waals surface area contributed by atoms with Crippen molar-refractivity contribution in [3.8, 4) is 0 Å². The first-order valence-corrected chi connectivity index (χ1v) is 4.57. The molecule has 0 aliphatic carbocycles. The Labute approximate surface area is 90.6 Å². The van der Waals surface area contributed by atoms with Crippen molar-refractivity contribution in [2.45, 2.75) is 0 Å². The molecule has 0 saturated carbocycles. The molecule has 5 nitrogen and oxygen atoms in total. The number of carbonyl (C=O) groups excluding carboxylic acids is 2. The van der Waals surface area contributed by atoms with E-state index in [4.69, 9.17) is 10.5 Å². The number of nitrogens with zero attached hydrogens (tertiary/aromatic N) is 1. The summed E-state index contributed by atoms with van der Waals surface area (Å²) in [5.41, 5.74) is 5.73. The van der Waals surface area contributed by atoms with Gasteiger partial charge in [-0.3, -0.25) is 9.59 Å². The number of carbonyl (C=O) groups is 2. The molecule has 1 aromatic carbocycles. The lowest BCUT2D eigenvalue weighted by molar-refractivity contribution is -0.138. The van der Waals surface area contributed by atoms with Crippen LogP contribution in [-0.2, 0) is 14.3 Å². The van der Waals surface area contributed by atoms with Crippen LogP contribution in [0.2, 0.25) is 0 Å². The number of rotatable bonds is 1. The summed E-state index contributed by atoms with van der Waals surface area (Å²) >= 11 is 0. The monoisotopic (exact) mass is 224 g/mol. The van der Waals surface area contributed by atoms with E-state index in [2.05, 4.69) is 0 Å². The molecule has 2 amide bonds. The quantitative estimate of drug-likeness (QED) is 0.550. The largest absolute Gasteiger partial charge is 0.399 e. The standard InChI is InChI=1S/C10H9FN2O3/c11-6-1-7(12)3-8(2-6)13-9(14)4-16-5-10(13)15/h1-3H,4-5,12H2. The van der Waals surface area contributed by atoms with Crippen molar-refractivity contribution in [3.05, 3.63) is 24.0 Å². The molecule has 0 radical (unpaired) electrons. The second kappa shape index (κ2) is 3.90. The number of anilines is 2. The molecular weight excluding hydrogens is 215 g/mol. The van der Waals surface area contributed by atoms with Crippen LogP contribution in [0.1, 0.15) is 0 Å². The molecule has 1 aliphatic rings. The Morgan fingerprint density at radius 2 is 1.81 bits per heavy atom. The molecule has 1 aromatic rings. The predicted octanol–water partition coefficient (Wildman–Crippen LogP) is 0.298. The molecule has 6 heteroatoms. The van der Waals surface area contributed by atoms with Gasteiger partial charge in [0.1, 0.15) is 19.0 Å². The van der Waals surface area contributed by atoms with Gasteiger partial charge < -0.3 is 10.5 Å². The molecule has 0 unspecified atom stereocenters. The van der Waals surface area contributed by atoms with Crippen LogP contribution in [0, 0.1) is 5.82 Å². The van der Waals surface area contributed by atoms with E-state index in [1.807, 2.05) is 0 Å². The van der Waals surface area contributed by atoms with E-state index in [0.29, 0.717) is 0 Å². The number of imide groups is 1. The molecule has 2 rings (SSSR count). The molecule has 84 valence electrons. The van der Waals surface area contributed by atoms with Crippen molar-refractivity contribution in [3.63, 3.8) is 0 Å². The number of hydrogen-bond acceptors (Lipinski definition) is 4. The first-order valence-electron chi connectivity index (χ1n) is 4.57. The molecule has 0 spiro atoms. The fourth-order valence-electron chi connectivity index (χ4n) is 1.51. The summed E-state index contributed by atoms with van der Waals surface area (Å²) in [4.78, 5) is 23.8. The Hall–Kier alpha value is -1.95. The first kappa shape index (κ1) is 10.6. The van der Waals surface area contributed by atoms with E-state index in [-0.39, 0.29) is 24.6 Å². The summed E-state index contributed by atoms with van der Waals surface area (Å²) in [6, 6.07) is 3.56. The smallest absolute Gasteiger partial charge is 0.259 e. The minimum Gasteiger partial charge on any atom is -0.399 e. The van der Waals surface area contributed by atoms with Crippen LogP contribution < -0.4 is 10.6 Å². The highest BCUT2D eigenvalue weighted by Crippen LogP contribution is 2.21. The van der Waals surface area contributed by atoms with Crippen LogP contribution in [0.5, 0.6) is 0 Å². The van der Waals surface area contributed by atoms with Gasteiger partial charge in [0.25, 0.3) is 11.8 Å². The van der Waals surface area contributed by atoms with Crippen molar-refractivity contribution in [2.75, 3.05) is 23.8 Å². The van der Waals surface area contributed by atoms with Crippen molar-refractivity contribution in [1.82, 2.24) is 0 Å². The maximum Gasteiger partial charge on any atom is 0.259 e. The number of morpholine rings is 1. The Morgan fingerprint density at radius 1 is 1.19 bits per heavy atom. The van der Waals surface area contributed by atoms with E-state index in [9.17, 15) is 14.0 Å². The number of ether oxygens (including phenoxy) is 1. The number of amides is 2. The summed E-state index contributed by atoms with van der Waals surface area (Å²) < 4.78 is 17.8. The third-order valence-corrected chi connectivity index (χ3v) is 2.11. The van der Waals surface area contributed by atoms with Gasteiger partial charge in [0.05, 0.1) is 5.69 Å². The van der Waals surface area contributed by atoms with Gasteiger partial charge in [0, 0.05) is 5.69 Å². The van der Waals surface area contributed by atoms with E-state index >= 15 is 0 Å². The third-order valence-electron chi connectivity index (χ3n) is 2.11. The first-order chi connectivity index (χ1) is 7.58. The molecule has 1 aliphatic heterocycles. The average Bonchev–Trinajstić information content (AvgIpc) is 2.15. The molecule has 1 heterocycles. The van der Waals surface area contributed by atoms with Crippen LogP contribution in [0.15, 0.2) is 18.2 Å². The molecule has 0 bridgehead atoms. The van der Waals surface area contributed by atoms with Crippen LogP contribution in [0.4, 0.5) is 15.8 Å². The summed E-state index contributed by atoms with van der Waals surface area (Å²) in [5.74, 6) is -1.65. The van der Waals surface area contributed by atoms with Crippen LogP contribution >= 0.6 is 0 Å². The summed E-state index contributed by atoms with van der Waals surface area (Å²) in [6.07, 6.45) is 0. The zero-order chi connectivity index (χ0) is 11.7. The molecule has 16 heavy (non-hydrogen) atoms. The molecule has 0 atom stereocenters. The maximum absolute atomic E-state index is 13.1. The van der Waals surface area contributed by atoms with Gasteiger partial charge in [0.15, 0.2) is 0 Å². The molecular formula is C10H9FN2O3. The van der Waals surface area contributed by atoms with E-state index < -0.39 is 17.6 Å². The lowest BCUT2D eigenvalue weighted by Gasteiger charge is -2.25. The van der Waals surface area contributed by atoms with Crippen LogP contribution in [-0.4, -0.2) is 25.0 Å². The lowest BCUT2D eigenvalue weighted by atomic mass is 10.2. The van der Waals surface area contributed by atoms with Crippen molar-refractivity contribution in [1.29, 1.82) is 0 Å². The van der Waals surface area contributed by atoms with Crippen molar-refractivity contribution < 1.29 is 18.7 Å². The molecule has 2 N–H and O–H groups in total. The highest BCUT2D eigenvalue weighted by atomic mass is 19.1. The zero-order valence-corrected chi connectivity index (χ0v) is 8.27. The Kier molecular flexibility index (Phi) is 2.57. The number of halogens is 1. The van der Waals surface area contributed by atoms with E-state index in [1.54, 1.807) is 0 Å². The van der Waals surface area contributed by atoms with Crippen molar-refractivity contribution in [2.24, 2.45) is 0 Å². The second-order valence-corrected chi connectivity index (χ2v) is 3.36. The number of nitrogen functional groups attached to an aromatic ring is 1. The van der Waals surface area contributed by atoms with Gasteiger partial charge in [-0.15, -0.1) is 0 Å². The molecule has 1 saturated heterocycles. The van der Waals surface area contributed by atoms with Gasteiger partial charge in [0.2, 0.25) is 0 Å². The van der Waals surface area contributed by atoms with Crippen molar-refractivity contribution >= 4 is 23.2 Å². The molecule has 0 aromatic heterocycles. The minimum atomic E-state index is -0.595. The highest BCUT2D eigenvalue weighted by molar-refractivity contribution is 6.17. The normalized spacial score (nSPS) is 16.7. The third kappa shape index (κ3) is 1.87. The number of benzene rings is 1. The van der Waals surface area contributed by atoms with Crippen LogP contribution in [0.25, 0.3) is 0 Å². The average molecular weight is 224 g/mol. The zero-order valence-electron chi connectivity index (χ0n) is 8.27. The van der Waals surface area contributed by atoms with Gasteiger partial charge in [-0.05, 0) is 18.2 Å². The highest BCUT2D eigenvalue weighted by Gasteiger charge is 2.28. The Morgan fingerprint density at radius 3 is 2.38 bits per heavy atom.